The maximum Gasteiger partial charge on any atom is 0.141 e. The molecule has 0 aliphatic rings. The van der Waals surface area contributed by atoms with Crippen molar-refractivity contribution in [2.24, 2.45) is 0 Å². The monoisotopic (exact) mass is 351 g/mol. The van der Waals surface area contributed by atoms with Crippen LogP contribution in [-0.2, 0) is 0 Å². The summed E-state index contributed by atoms with van der Waals surface area (Å²) in [5, 5.41) is 3.35. The smallest absolute Gasteiger partial charge is 0.141 e. The van der Waals surface area contributed by atoms with E-state index in [1.165, 1.54) is 6.07 Å². The fraction of sp³-hybridized carbons (Fsp3) is 0.294. The fourth-order valence-corrected chi connectivity index (χ4v) is 2.27. The van der Waals surface area contributed by atoms with E-state index in [0.717, 1.165) is 18.5 Å². The molecule has 0 radical (unpaired) electrons. The Balaban J connectivity index is 2.13. The first kappa shape index (κ1) is 16.0. The Hall–Kier alpha value is -1.39. The number of hydrogen-bond donors (Lipinski definition) is 1. The van der Waals surface area contributed by atoms with E-state index in [-0.39, 0.29) is 11.9 Å². The van der Waals surface area contributed by atoms with Gasteiger partial charge in [0.1, 0.15) is 17.7 Å². The average Bonchev–Trinajstić information content (AvgIpc) is 2.51. The van der Waals surface area contributed by atoms with E-state index in [4.69, 9.17) is 4.74 Å². The van der Waals surface area contributed by atoms with Crippen LogP contribution in [0.15, 0.2) is 53.0 Å². The first-order valence-electron chi connectivity index (χ1n) is 7.08. The minimum absolute atomic E-state index is 0.140. The number of hydrogen-bond acceptors (Lipinski definition) is 2. The Kier molecular flexibility index (Phi) is 6.21. The SMILES string of the molecule is CCCNCC(Oc1ccc(Br)c(F)c1)c1ccccc1. The standard InChI is InChI=1S/C17H19BrFNO/c1-2-10-20-12-17(13-6-4-3-5-7-13)21-14-8-9-15(18)16(19)11-14/h3-9,11,17,20H,2,10,12H2,1H3. The predicted octanol–water partition coefficient (Wildman–Crippen LogP) is 4.71. The van der Waals surface area contributed by atoms with Gasteiger partial charge in [-0.1, -0.05) is 37.3 Å². The molecule has 1 atom stereocenters. The zero-order valence-corrected chi connectivity index (χ0v) is 13.6. The van der Waals surface area contributed by atoms with Crippen LogP contribution in [0.2, 0.25) is 0 Å². The summed E-state index contributed by atoms with van der Waals surface area (Å²) in [5.74, 6) is 0.212. The van der Waals surface area contributed by atoms with E-state index in [2.05, 4.69) is 28.2 Å². The van der Waals surface area contributed by atoms with Crippen molar-refractivity contribution in [3.05, 3.63) is 64.4 Å². The summed E-state index contributed by atoms with van der Waals surface area (Å²) in [4.78, 5) is 0. The van der Waals surface area contributed by atoms with Crippen molar-refractivity contribution in [1.29, 1.82) is 0 Å². The topological polar surface area (TPSA) is 21.3 Å². The fourth-order valence-electron chi connectivity index (χ4n) is 2.02. The number of rotatable bonds is 7. The molecule has 2 nitrogen and oxygen atoms in total. The predicted molar refractivity (Wildman–Crippen MR) is 87.1 cm³/mol. The van der Waals surface area contributed by atoms with Crippen LogP contribution in [0.3, 0.4) is 0 Å². The third-order valence-corrected chi connectivity index (χ3v) is 3.74. The van der Waals surface area contributed by atoms with E-state index in [1.807, 2.05) is 30.3 Å². The van der Waals surface area contributed by atoms with E-state index in [1.54, 1.807) is 12.1 Å². The summed E-state index contributed by atoms with van der Waals surface area (Å²) in [7, 11) is 0. The summed E-state index contributed by atoms with van der Waals surface area (Å²) in [6.07, 6.45) is 0.923. The van der Waals surface area contributed by atoms with Gasteiger partial charge in [0.05, 0.1) is 4.47 Å². The number of halogens is 2. The Morgan fingerprint density at radius 1 is 1.19 bits per heavy atom. The van der Waals surface area contributed by atoms with Crippen molar-refractivity contribution in [3.8, 4) is 5.75 Å². The van der Waals surface area contributed by atoms with Crippen molar-refractivity contribution in [2.75, 3.05) is 13.1 Å². The number of ether oxygens (including phenoxy) is 1. The van der Waals surface area contributed by atoms with Gasteiger partial charge in [-0.25, -0.2) is 4.39 Å². The molecule has 2 aromatic carbocycles. The lowest BCUT2D eigenvalue weighted by atomic mass is 10.1. The van der Waals surface area contributed by atoms with Gasteiger partial charge < -0.3 is 10.1 Å². The van der Waals surface area contributed by atoms with Gasteiger partial charge in [-0.15, -0.1) is 0 Å². The van der Waals surface area contributed by atoms with Gasteiger partial charge in [-0.05, 0) is 46.6 Å². The van der Waals surface area contributed by atoms with Crippen LogP contribution in [0.4, 0.5) is 4.39 Å². The van der Waals surface area contributed by atoms with E-state index in [9.17, 15) is 4.39 Å². The second kappa shape index (κ2) is 8.15. The molecule has 0 bridgehead atoms. The van der Waals surface area contributed by atoms with E-state index in [0.29, 0.717) is 16.8 Å². The molecule has 21 heavy (non-hydrogen) atoms. The number of nitrogens with one attached hydrogen (secondary N) is 1. The van der Waals surface area contributed by atoms with Crippen molar-refractivity contribution in [1.82, 2.24) is 5.32 Å². The Bertz CT molecular complexity index is 562. The Morgan fingerprint density at radius 3 is 2.62 bits per heavy atom. The lowest BCUT2D eigenvalue weighted by Crippen LogP contribution is -2.25. The molecule has 112 valence electrons. The Morgan fingerprint density at radius 2 is 1.95 bits per heavy atom. The molecular weight excluding hydrogens is 333 g/mol. The molecule has 1 N–H and O–H groups in total. The normalized spacial score (nSPS) is 12.1. The first-order chi connectivity index (χ1) is 10.2. The minimum atomic E-state index is -0.319. The molecule has 2 aromatic rings. The maximum absolute atomic E-state index is 13.6. The van der Waals surface area contributed by atoms with Crippen molar-refractivity contribution < 1.29 is 9.13 Å². The molecular formula is C17H19BrFNO. The highest BCUT2D eigenvalue weighted by Gasteiger charge is 2.13. The molecule has 0 heterocycles. The van der Waals surface area contributed by atoms with Gasteiger partial charge in [0.2, 0.25) is 0 Å². The zero-order chi connectivity index (χ0) is 15.1. The van der Waals surface area contributed by atoms with Crippen LogP contribution in [0.5, 0.6) is 5.75 Å². The Labute approximate surface area is 133 Å². The first-order valence-corrected chi connectivity index (χ1v) is 7.87. The molecule has 1 unspecified atom stereocenters. The van der Waals surface area contributed by atoms with Crippen LogP contribution >= 0.6 is 15.9 Å². The summed E-state index contributed by atoms with van der Waals surface area (Å²) in [6, 6.07) is 14.8. The second-order valence-corrected chi connectivity index (χ2v) is 5.65. The van der Waals surface area contributed by atoms with Gasteiger partial charge in [-0.2, -0.15) is 0 Å². The van der Waals surface area contributed by atoms with Crippen molar-refractivity contribution >= 4 is 15.9 Å². The molecule has 0 fully saturated rings. The van der Waals surface area contributed by atoms with Crippen LogP contribution in [-0.4, -0.2) is 13.1 Å². The maximum atomic E-state index is 13.6. The summed E-state index contributed by atoms with van der Waals surface area (Å²) in [6.45, 7) is 3.74. The molecule has 4 heteroatoms. The highest BCUT2D eigenvalue weighted by molar-refractivity contribution is 9.10. The minimum Gasteiger partial charge on any atom is -0.484 e. The molecule has 0 aromatic heterocycles. The lowest BCUT2D eigenvalue weighted by Gasteiger charge is -2.20. The highest BCUT2D eigenvalue weighted by atomic mass is 79.9. The largest absolute Gasteiger partial charge is 0.484 e. The van der Waals surface area contributed by atoms with Gasteiger partial charge in [0.15, 0.2) is 0 Å². The van der Waals surface area contributed by atoms with Crippen LogP contribution in [0.25, 0.3) is 0 Å². The molecule has 0 amide bonds. The van der Waals surface area contributed by atoms with E-state index < -0.39 is 0 Å². The van der Waals surface area contributed by atoms with Crippen LogP contribution < -0.4 is 10.1 Å². The summed E-state index contributed by atoms with van der Waals surface area (Å²) in [5.41, 5.74) is 1.07. The van der Waals surface area contributed by atoms with Gasteiger partial charge in [0.25, 0.3) is 0 Å². The van der Waals surface area contributed by atoms with Crippen LogP contribution in [0.1, 0.15) is 25.0 Å². The third-order valence-electron chi connectivity index (χ3n) is 3.10. The summed E-state index contributed by atoms with van der Waals surface area (Å²) >= 11 is 3.15. The van der Waals surface area contributed by atoms with E-state index >= 15 is 0 Å². The molecule has 2 rings (SSSR count). The second-order valence-electron chi connectivity index (χ2n) is 4.80. The van der Waals surface area contributed by atoms with Crippen LogP contribution in [0, 0.1) is 5.82 Å². The van der Waals surface area contributed by atoms with Gasteiger partial charge in [-0.3, -0.25) is 0 Å². The van der Waals surface area contributed by atoms with Gasteiger partial charge in [0, 0.05) is 12.6 Å². The molecule has 0 aliphatic heterocycles. The third kappa shape index (κ3) is 4.83. The van der Waals surface area contributed by atoms with Crippen molar-refractivity contribution in [2.45, 2.75) is 19.4 Å². The zero-order valence-electron chi connectivity index (χ0n) is 12.0. The molecule has 0 saturated carbocycles. The average molecular weight is 352 g/mol. The summed E-state index contributed by atoms with van der Waals surface area (Å²) < 4.78 is 20.0. The molecule has 0 spiro atoms. The highest BCUT2D eigenvalue weighted by Crippen LogP contribution is 2.25. The van der Waals surface area contributed by atoms with Crippen molar-refractivity contribution in [3.63, 3.8) is 0 Å². The molecule has 0 aliphatic carbocycles. The number of benzene rings is 2. The lowest BCUT2D eigenvalue weighted by molar-refractivity contribution is 0.201. The quantitative estimate of drug-likeness (QED) is 0.729. The molecule has 0 saturated heterocycles. The van der Waals surface area contributed by atoms with Gasteiger partial charge >= 0.3 is 0 Å².